The Morgan fingerprint density at radius 3 is 2.25 bits per heavy atom. The quantitative estimate of drug-likeness (QED) is 0.545. The molecule has 0 aliphatic rings. The number of allylic oxidation sites excluding steroid dienone is 1. The molecule has 0 saturated carbocycles. The lowest BCUT2D eigenvalue weighted by atomic mass is 10.2. The smallest absolute Gasteiger partial charge is 0.193 e. The molecule has 0 amide bonds. The number of nitriles is 1. The molecule has 0 N–H and O–H groups in total. The van der Waals surface area contributed by atoms with Gasteiger partial charge in [-0.2, -0.15) is 5.26 Å². The molecule has 0 bridgehead atoms. The van der Waals surface area contributed by atoms with E-state index in [4.69, 9.17) is 5.26 Å². The largest absolute Gasteiger partial charge is 0.310 e. The van der Waals surface area contributed by atoms with Crippen molar-refractivity contribution in [2.45, 2.75) is 4.90 Å². The first-order valence-corrected chi connectivity index (χ1v) is 5.88. The van der Waals surface area contributed by atoms with Gasteiger partial charge in [-0.25, -0.2) is 0 Å². The zero-order valence-corrected chi connectivity index (χ0v) is 8.53. The van der Waals surface area contributed by atoms with Crippen molar-refractivity contribution in [3.05, 3.63) is 35.9 Å². The van der Waals surface area contributed by atoms with Crippen molar-refractivity contribution in [2.24, 2.45) is 0 Å². The Balaban J connectivity index is 3.32. The molecule has 0 spiro atoms. The molecule has 0 fully saturated rings. The molecule has 88 valence electrons. The minimum atomic E-state index is -9.62. The highest BCUT2D eigenvalue weighted by Gasteiger charge is 2.65. The fraction of sp³-hybridized carbons (Fsp3) is 0. The van der Waals surface area contributed by atoms with Crippen molar-refractivity contribution in [1.82, 2.24) is 0 Å². The Hall–Kier alpha value is -1.55. The van der Waals surface area contributed by atoms with Gasteiger partial charge in [0, 0.05) is 6.08 Å². The van der Waals surface area contributed by atoms with Crippen LogP contribution in [0.1, 0.15) is 5.56 Å². The summed E-state index contributed by atoms with van der Waals surface area (Å²) in [5.74, 6) is 0. The SMILES string of the molecule is N#CC=Cc1cccc(S(F)(F)(F)(F)F)c1. The molecule has 1 aromatic rings. The van der Waals surface area contributed by atoms with Gasteiger partial charge >= 0.3 is 10.2 Å². The monoisotopic (exact) mass is 255 g/mol. The van der Waals surface area contributed by atoms with Crippen LogP contribution in [0.3, 0.4) is 0 Å². The van der Waals surface area contributed by atoms with Gasteiger partial charge in [0.15, 0.2) is 0 Å². The van der Waals surface area contributed by atoms with Gasteiger partial charge < -0.3 is 0 Å². The first kappa shape index (κ1) is 12.5. The Morgan fingerprint density at radius 1 is 1.12 bits per heavy atom. The predicted molar refractivity (Wildman–Crippen MR) is 52.5 cm³/mol. The van der Waals surface area contributed by atoms with Crippen molar-refractivity contribution < 1.29 is 19.4 Å². The number of halogens is 5. The standard InChI is InChI=1S/C9H6F5NS/c10-16(11,12,13,14)9-5-1-3-8(7-9)4-2-6-15/h1-5,7H. The summed E-state index contributed by atoms with van der Waals surface area (Å²) in [5.41, 5.74) is -0.104. The lowest BCUT2D eigenvalue weighted by molar-refractivity contribution is 0.364. The third-order valence-corrected chi connectivity index (χ3v) is 2.80. The third kappa shape index (κ3) is 3.24. The van der Waals surface area contributed by atoms with Gasteiger partial charge in [-0.15, -0.1) is 0 Å². The second kappa shape index (κ2) is 2.98. The molecular formula is C9H6F5NS. The normalized spacial score (nSPS) is 16.5. The molecule has 0 aliphatic heterocycles. The van der Waals surface area contributed by atoms with Crippen LogP contribution in [0.25, 0.3) is 6.08 Å². The molecule has 0 aromatic heterocycles. The lowest BCUT2D eigenvalue weighted by Crippen LogP contribution is -2.05. The average Bonchev–Trinajstić information content (AvgIpc) is 2.12. The first-order valence-electron chi connectivity index (χ1n) is 3.93. The number of rotatable bonds is 2. The van der Waals surface area contributed by atoms with Crippen LogP contribution in [0.4, 0.5) is 19.4 Å². The molecule has 0 saturated heterocycles. The summed E-state index contributed by atoms with van der Waals surface area (Å²) < 4.78 is 61.8. The van der Waals surface area contributed by atoms with E-state index in [1.165, 1.54) is 6.07 Å². The summed E-state index contributed by atoms with van der Waals surface area (Å²) in [6.07, 6.45) is 1.93. The van der Waals surface area contributed by atoms with Crippen molar-refractivity contribution in [3.63, 3.8) is 0 Å². The summed E-state index contributed by atoms with van der Waals surface area (Å²) in [7, 11) is -9.62. The van der Waals surface area contributed by atoms with Crippen molar-refractivity contribution >= 4 is 16.3 Å². The average molecular weight is 255 g/mol. The van der Waals surface area contributed by atoms with Gasteiger partial charge in [0.1, 0.15) is 4.90 Å². The van der Waals surface area contributed by atoms with Crippen LogP contribution < -0.4 is 0 Å². The lowest BCUT2D eigenvalue weighted by Gasteiger charge is -2.40. The van der Waals surface area contributed by atoms with Crippen molar-refractivity contribution in [3.8, 4) is 6.07 Å². The third-order valence-electron chi connectivity index (χ3n) is 1.65. The van der Waals surface area contributed by atoms with E-state index in [1.54, 1.807) is 6.07 Å². The molecular weight excluding hydrogens is 249 g/mol. The van der Waals surface area contributed by atoms with Crippen LogP contribution in [-0.4, -0.2) is 0 Å². The maximum Gasteiger partial charge on any atom is 0.310 e. The van der Waals surface area contributed by atoms with E-state index in [0.717, 1.165) is 18.2 Å². The molecule has 0 heterocycles. The summed E-state index contributed by atoms with van der Waals surface area (Å²) in [5, 5.41) is 8.16. The highest BCUT2D eigenvalue weighted by Crippen LogP contribution is 3.02. The molecule has 7 heteroatoms. The van der Waals surface area contributed by atoms with Crippen LogP contribution in [0, 0.1) is 11.3 Å². The van der Waals surface area contributed by atoms with Crippen LogP contribution in [0.15, 0.2) is 35.2 Å². The second-order valence-electron chi connectivity index (χ2n) is 3.00. The molecule has 0 aliphatic carbocycles. The Kier molecular flexibility index (Phi) is 2.33. The van der Waals surface area contributed by atoms with Crippen LogP contribution in [0.5, 0.6) is 0 Å². The van der Waals surface area contributed by atoms with Gasteiger partial charge in [0.25, 0.3) is 0 Å². The van der Waals surface area contributed by atoms with Crippen LogP contribution in [-0.2, 0) is 0 Å². The zero-order chi connectivity index (χ0) is 12.5. The Labute approximate surface area is 88.5 Å². The molecule has 1 nitrogen and oxygen atoms in total. The minimum Gasteiger partial charge on any atom is -0.193 e. The molecule has 0 radical (unpaired) electrons. The first-order chi connectivity index (χ1) is 7.03. The van der Waals surface area contributed by atoms with E-state index >= 15 is 0 Å². The topological polar surface area (TPSA) is 23.8 Å². The van der Waals surface area contributed by atoms with Gasteiger partial charge in [0.2, 0.25) is 0 Å². The minimum absolute atomic E-state index is 0.104. The number of hydrogen-bond donors (Lipinski definition) is 0. The van der Waals surface area contributed by atoms with E-state index < -0.39 is 15.1 Å². The summed E-state index contributed by atoms with van der Waals surface area (Å²) in [6, 6.07) is 4.24. The van der Waals surface area contributed by atoms with E-state index in [-0.39, 0.29) is 5.56 Å². The maximum atomic E-state index is 12.4. The fourth-order valence-corrected chi connectivity index (χ4v) is 1.69. The highest BCUT2D eigenvalue weighted by atomic mass is 32.5. The fourth-order valence-electron chi connectivity index (χ4n) is 0.992. The Bertz CT molecular complexity index is 482. The van der Waals surface area contributed by atoms with Crippen LogP contribution in [0.2, 0.25) is 0 Å². The summed E-state index contributed by atoms with van der Waals surface area (Å²) >= 11 is 0. The van der Waals surface area contributed by atoms with Gasteiger partial charge in [0.05, 0.1) is 6.07 Å². The molecule has 0 unspecified atom stereocenters. The number of nitrogens with zero attached hydrogens (tertiary/aromatic N) is 1. The highest BCUT2D eigenvalue weighted by molar-refractivity contribution is 8.45. The summed E-state index contributed by atoms with van der Waals surface area (Å²) in [4.78, 5) is -1.96. The molecule has 1 rings (SSSR count). The van der Waals surface area contributed by atoms with E-state index in [2.05, 4.69) is 0 Å². The van der Waals surface area contributed by atoms with Crippen molar-refractivity contribution in [2.75, 3.05) is 0 Å². The van der Waals surface area contributed by atoms with Gasteiger partial charge in [-0.05, 0) is 23.8 Å². The number of hydrogen-bond acceptors (Lipinski definition) is 1. The van der Waals surface area contributed by atoms with Gasteiger partial charge in [-0.3, -0.25) is 0 Å². The second-order valence-corrected chi connectivity index (χ2v) is 5.41. The molecule has 1 aromatic carbocycles. The van der Waals surface area contributed by atoms with Crippen LogP contribution >= 0.6 is 10.2 Å². The van der Waals surface area contributed by atoms with E-state index in [9.17, 15) is 19.4 Å². The molecule has 0 atom stereocenters. The Morgan fingerprint density at radius 2 is 1.75 bits per heavy atom. The number of benzene rings is 1. The van der Waals surface area contributed by atoms with Crippen molar-refractivity contribution in [1.29, 1.82) is 5.26 Å². The van der Waals surface area contributed by atoms with E-state index in [0.29, 0.717) is 12.1 Å². The maximum absolute atomic E-state index is 12.4. The van der Waals surface area contributed by atoms with E-state index in [1.807, 2.05) is 0 Å². The zero-order valence-electron chi connectivity index (χ0n) is 7.71. The summed E-state index contributed by atoms with van der Waals surface area (Å²) in [6.45, 7) is 0. The molecule has 16 heavy (non-hydrogen) atoms. The predicted octanol–water partition coefficient (Wildman–Crippen LogP) is 4.88. The van der Waals surface area contributed by atoms with Gasteiger partial charge in [-0.1, -0.05) is 31.6 Å².